The zero-order valence-electron chi connectivity index (χ0n) is 12.9. The molecule has 0 unspecified atom stereocenters. The molecule has 0 spiro atoms. The first kappa shape index (κ1) is 19.6. The quantitative estimate of drug-likeness (QED) is 0.317. The summed E-state index contributed by atoms with van der Waals surface area (Å²) >= 11 is 3.00. The number of rotatable bonds is 7. The van der Waals surface area contributed by atoms with E-state index in [4.69, 9.17) is 9.47 Å². The van der Waals surface area contributed by atoms with E-state index in [0.717, 1.165) is 6.07 Å². The molecule has 0 saturated heterocycles. The van der Waals surface area contributed by atoms with Gasteiger partial charge in [-0.1, -0.05) is 0 Å². The van der Waals surface area contributed by atoms with Gasteiger partial charge in [-0.15, -0.1) is 0 Å². The molecule has 0 aliphatic carbocycles. The molecular weight excluding hydrogens is 388 g/mol. The maximum Gasteiger partial charge on any atom is 0.340 e. The number of esters is 2. The number of carbonyl (C=O) groups is 3. The molecule has 130 valence electrons. The average molecular weight is 403 g/mol. The number of hydrogen-bond acceptors (Lipinski definition) is 7. The topological polar surface area (TPSA) is 125 Å². The second kappa shape index (κ2) is 8.96. The van der Waals surface area contributed by atoms with Gasteiger partial charge < -0.3 is 14.8 Å². The molecule has 9 nitrogen and oxygen atoms in total. The summed E-state index contributed by atoms with van der Waals surface area (Å²) in [5.74, 6) is -2.80. The molecular formula is C14H15BrN2O7. The third-order valence-corrected chi connectivity index (χ3v) is 3.40. The van der Waals surface area contributed by atoms with E-state index < -0.39 is 28.8 Å². The lowest BCUT2D eigenvalue weighted by atomic mass is 10.1. The summed E-state index contributed by atoms with van der Waals surface area (Å²) in [4.78, 5) is 46.0. The number of carbonyl (C=O) groups excluding carboxylic acids is 3. The first-order valence-electron chi connectivity index (χ1n) is 6.89. The van der Waals surface area contributed by atoms with Crippen LogP contribution < -0.4 is 5.32 Å². The van der Waals surface area contributed by atoms with Crippen molar-refractivity contribution in [3.05, 3.63) is 38.3 Å². The summed E-state index contributed by atoms with van der Waals surface area (Å²) in [6.45, 7) is 3.10. The highest BCUT2D eigenvalue weighted by Crippen LogP contribution is 2.25. The maximum absolute atomic E-state index is 12.2. The van der Waals surface area contributed by atoms with Gasteiger partial charge in [0.2, 0.25) is 6.04 Å². The van der Waals surface area contributed by atoms with E-state index in [2.05, 4.69) is 21.2 Å². The minimum atomic E-state index is -1.65. The second-order valence-electron chi connectivity index (χ2n) is 4.33. The molecule has 24 heavy (non-hydrogen) atoms. The van der Waals surface area contributed by atoms with Gasteiger partial charge in [0, 0.05) is 11.6 Å². The zero-order chi connectivity index (χ0) is 18.3. The van der Waals surface area contributed by atoms with Gasteiger partial charge in [-0.05, 0) is 41.9 Å². The van der Waals surface area contributed by atoms with Crippen molar-refractivity contribution in [1.29, 1.82) is 0 Å². The van der Waals surface area contributed by atoms with Crippen LogP contribution in [0.4, 0.5) is 5.69 Å². The largest absolute Gasteiger partial charge is 0.464 e. The molecule has 1 aromatic carbocycles. The first-order chi connectivity index (χ1) is 11.3. The summed E-state index contributed by atoms with van der Waals surface area (Å²) < 4.78 is 9.63. The van der Waals surface area contributed by atoms with Crippen LogP contribution in [0.15, 0.2) is 22.7 Å². The molecule has 0 radical (unpaired) electrons. The Morgan fingerprint density at radius 3 is 2.21 bits per heavy atom. The third kappa shape index (κ3) is 5.01. The molecule has 10 heteroatoms. The number of nitro benzene ring substituents is 1. The van der Waals surface area contributed by atoms with Crippen LogP contribution in [0.25, 0.3) is 0 Å². The number of ether oxygens (including phenoxy) is 2. The van der Waals surface area contributed by atoms with Crippen molar-refractivity contribution in [2.24, 2.45) is 0 Å². The highest BCUT2D eigenvalue weighted by atomic mass is 79.9. The number of benzene rings is 1. The molecule has 0 aliphatic heterocycles. The summed E-state index contributed by atoms with van der Waals surface area (Å²) in [7, 11) is 0. The summed E-state index contributed by atoms with van der Waals surface area (Å²) in [5, 5.41) is 13.1. The van der Waals surface area contributed by atoms with Gasteiger partial charge in [0.05, 0.1) is 22.6 Å². The molecule has 0 heterocycles. The van der Waals surface area contributed by atoms with Gasteiger partial charge >= 0.3 is 11.9 Å². The predicted octanol–water partition coefficient (Wildman–Crippen LogP) is 1.58. The molecule has 0 aromatic heterocycles. The van der Waals surface area contributed by atoms with E-state index in [0.29, 0.717) is 0 Å². The van der Waals surface area contributed by atoms with Crippen molar-refractivity contribution in [2.75, 3.05) is 13.2 Å². The van der Waals surface area contributed by atoms with E-state index in [-0.39, 0.29) is 28.9 Å². The Bertz CT molecular complexity index is 645. The lowest BCUT2D eigenvalue weighted by Crippen LogP contribution is -2.48. The van der Waals surface area contributed by atoms with Gasteiger partial charge in [0.25, 0.3) is 11.6 Å². The number of amides is 1. The van der Waals surface area contributed by atoms with Gasteiger partial charge in [-0.2, -0.15) is 0 Å². The number of nitrogens with one attached hydrogen (secondary N) is 1. The summed E-state index contributed by atoms with van der Waals surface area (Å²) in [6.07, 6.45) is 0. The van der Waals surface area contributed by atoms with Crippen LogP contribution in [0, 0.1) is 10.1 Å². The minimum Gasteiger partial charge on any atom is -0.464 e. The standard InChI is InChI=1S/C14H15BrN2O7/c1-3-23-13(19)11(14(20)24-4-2)16-12(18)8-5-6-9(15)10(7-8)17(21)22/h5-7,11H,3-4H2,1-2H3,(H,16,18). The van der Waals surface area contributed by atoms with E-state index in [1.54, 1.807) is 13.8 Å². The molecule has 0 saturated carbocycles. The molecule has 1 rings (SSSR count). The van der Waals surface area contributed by atoms with Crippen molar-refractivity contribution in [1.82, 2.24) is 5.32 Å². The van der Waals surface area contributed by atoms with Crippen LogP contribution in [-0.4, -0.2) is 42.0 Å². The Kier molecular flexibility index (Phi) is 7.31. The molecule has 1 aromatic rings. The Morgan fingerprint density at radius 1 is 1.21 bits per heavy atom. The van der Waals surface area contributed by atoms with Crippen LogP contribution in [0.1, 0.15) is 24.2 Å². The predicted molar refractivity (Wildman–Crippen MR) is 85.3 cm³/mol. The zero-order valence-corrected chi connectivity index (χ0v) is 14.5. The van der Waals surface area contributed by atoms with Crippen molar-refractivity contribution in [3.63, 3.8) is 0 Å². The van der Waals surface area contributed by atoms with E-state index in [1.807, 2.05) is 0 Å². The molecule has 1 N–H and O–H groups in total. The molecule has 0 bridgehead atoms. The molecule has 0 atom stereocenters. The van der Waals surface area contributed by atoms with E-state index in [1.165, 1.54) is 12.1 Å². The summed E-state index contributed by atoms with van der Waals surface area (Å²) in [6, 6.07) is 1.99. The fraction of sp³-hybridized carbons (Fsp3) is 0.357. The number of hydrogen-bond donors (Lipinski definition) is 1. The second-order valence-corrected chi connectivity index (χ2v) is 5.19. The summed E-state index contributed by atoms with van der Waals surface area (Å²) in [5.41, 5.74) is -0.421. The lowest BCUT2D eigenvalue weighted by molar-refractivity contribution is -0.385. The molecule has 0 aliphatic rings. The van der Waals surface area contributed by atoms with Gasteiger partial charge in [0.1, 0.15) is 0 Å². The maximum atomic E-state index is 12.2. The van der Waals surface area contributed by atoms with E-state index >= 15 is 0 Å². The first-order valence-corrected chi connectivity index (χ1v) is 7.69. The fourth-order valence-electron chi connectivity index (χ4n) is 1.67. The van der Waals surface area contributed by atoms with Crippen LogP contribution in [0.5, 0.6) is 0 Å². The third-order valence-electron chi connectivity index (χ3n) is 2.73. The number of nitrogens with zero attached hydrogens (tertiary/aromatic N) is 1. The number of halogens is 1. The Balaban J connectivity index is 3.03. The van der Waals surface area contributed by atoms with Crippen LogP contribution >= 0.6 is 15.9 Å². The van der Waals surface area contributed by atoms with E-state index in [9.17, 15) is 24.5 Å². The lowest BCUT2D eigenvalue weighted by Gasteiger charge is -2.15. The molecule has 1 amide bonds. The van der Waals surface area contributed by atoms with Crippen molar-refractivity contribution >= 4 is 39.5 Å². The van der Waals surface area contributed by atoms with Crippen LogP contribution in [0.2, 0.25) is 0 Å². The van der Waals surface area contributed by atoms with Crippen LogP contribution in [-0.2, 0) is 19.1 Å². The van der Waals surface area contributed by atoms with Crippen LogP contribution in [0.3, 0.4) is 0 Å². The normalized spacial score (nSPS) is 10.2. The Labute approximate surface area is 145 Å². The average Bonchev–Trinajstić information content (AvgIpc) is 2.52. The SMILES string of the molecule is CCOC(=O)C(NC(=O)c1ccc(Br)c([N+](=O)[O-])c1)C(=O)OCC. The monoisotopic (exact) mass is 402 g/mol. The highest BCUT2D eigenvalue weighted by Gasteiger charge is 2.32. The van der Waals surface area contributed by atoms with Crippen molar-refractivity contribution in [2.45, 2.75) is 19.9 Å². The molecule has 0 fully saturated rings. The highest BCUT2D eigenvalue weighted by molar-refractivity contribution is 9.10. The Hall–Kier alpha value is -2.49. The fourth-order valence-corrected chi connectivity index (χ4v) is 2.06. The van der Waals surface area contributed by atoms with Crippen molar-refractivity contribution in [3.8, 4) is 0 Å². The van der Waals surface area contributed by atoms with Crippen molar-refractivity contribution < 1.29 is 28.8 Å². The van der Waals surface area contributed by atoms with Gasteiger partial charge in [-0.25, -0.2) is 9.59 Å². The van der Waals surface area contributed by atoms with Gasteiger partial charge in [0.15, 0.2) is 0 Å². The minimum absolute atomic E-state index is 0.00830. The Morgan fingerprint density at radius 2 is 1.75 bits per heavy atom. The number of nitro groups is 1. The smallest absolute Gasteiger partial charge is 0.340 e. The van der Waals surface area contributed by atoms with Gasteiger partial charge in [-0.3, -0.25) is 14.9 Å².